The van der Waals surface area contributed by atoms with Gasteiger partial charge in [0.05, 0.1) is 18.4 Å². The summed E-state index contributed by atoms with van der Waals surface area (Å²) in [5.41, 5.74) is 5.74. The van der Waals surface area contributed by atoms with Crippen LogP contribution in [0.15, 0.2) is 95.7 Å². The Bertz CT molecular complexity index is 2450. The highest BCUT2D eigenvalue weighted by Crippen LogP contribution is 2.43. The Balaban J connectivity index is 1.04. The predicted octanol–water partition coefficient (Wildman–Crippen LogP) is 8.47. The van der Waals surface area contributed by atoms with Crippen LogP contribution in [0, 0.1) is 22.7 Å². The van der Waals surface area contributed by atoms with Crippen LogP contribution in [0.25, 0.3) is 16.5 Å². The quantitative estimate of drug-likeness (QED) is 0.0752. The van der Waals surface area contributed by atoms with E-state index in [9.17, 15) is 18.5 Å². The minimum absolute atomic E-state index is 0.00631. The number of hydrogen-bond acceptors (Lipinski definition) is 10. The van der Waals surface area contributed by atoms with Crippen molar-refractivity contribution in [2.24, 2.45) is 11.3 Å². The number of allylic oxidation sites excluding steroid dienone is 1. The number of aromatic amines is 1. The van der Waals surface area contributed by atoms with Gasteiger partial charge in [0.25, 0.3) is 15.9 Å². The maximum absolute atomic E-state index is 13.7. The van der Waals surface area contributed by atoms with E-state index in [1.165, 1.54) is 22.8 Å². The van der Waals surface area contributed by atoms with Gasteiger partial charge in [-0.05, 0) is 109 Å². The normalized spacial score (nSPS) is 15.8. The average Bonchev–Trinajstić information content (AvgIpc) is 3.69. The molecule has 0 saturated carbocycles. The third-order valence-corrected chi connectivity index (χ3v) is 12.2. The highest BCUT2D eigenvalue weighted by molar-refractivity contribution is 7.90. The fourth-order valence-electron chi connectivity index (χ4n) is 7.27. The number of hydrogen-bond donors (Lipinski definition) is 4. The van der Waals surface area contributed by atoms with E-state index in [4.69, 9.17) is 25.8 Å². The van der Waals surface area contributed by atoms with Gasteiger partial charge in [-0.2, -0.15) is 5.26 Å². The molecule has 1 fully saturated rings. The van der Waals surface area contributed by atoms with Crippen molar-refractivity contribution in [3.05, 3.63) is 112 Å². The number of nitriles is 1. The summed E-state index contributed by atoms with van der Waals surface area (Å²) in [6.07, 6.45) is 7.68. The lowest BCUT2D eigenvalue weighted by molar-refractivity contribution is 0.0490. The maximum atomic E-state index is 13.7. The number of rotatable bonds is 15. The molecule has 5 aromatic rings. The van der Waals surface area contributed by atoms with E-state index in [1.54, 1.807) is 18.2 Å². The van der Waals surface area contributed by atoms with Crippen LogP contribution in [0.4, 0.5) is 5.69 Å². The third-order valence-electron chi connectivity index (χ3n) is 10.6. The third kappa shape index (κ3) is 10.2. The van der Waals surface area contributed by atoms with Gasteiger partial charge in [-0.15, -0.1) is 0 Å². The van der Waals surface area contributed by atoms with Crippen LogP contribution < -0.4 is 24.8 Å². The second kappa shape index (κ2) is 18.0. The van der Waals surface area contributed by atoms with Gasteiger partial charge in [0.1, 0.15) is 28.0 Å². The number of sulfonamides is 1. The Hall–Kier alpha value is -5.39. The summed E-state index contributed by atoms with van der Waals surface area (Å²) in [7, 11) is -4.45. The van der Waals surface area contributed by atoms with E-state index in [-0.39, 0.29) is 39.0 Å². The first kappa shape index (κ1) is 40.8. The lowest BCUT2D eigenvalue weighted by atomic mass is 9.72. The molecule has 58 heavy (non-hydrogen) atoms. The molecule has 0 radical (unpaired) electrons. The monoisotopic (exact) mass is 822 g/mol. The number of carbonyl (C=O) groups is 1. The van der Waals surface area contributed by atoms with E-state index >= 15 is 0 Å². The number of fused-ring (bicyclic) bond motifs is 1. The predicted molar refractivity (Wildman–Crippen MR) is 225 cm³/mol. The van der Waals surface area contributed by atoms with E-state index in [2.05, 4.69) is 51.3 Å². The van der Waals surface area contributed by atoms with E-state index < -0.39 is 15.9 Å². The topological polar surface area (TPSA) is 167 Å². The van der Waals surface area contributed by atoms with Crippen molar-refractivity contribution < 1.29 is 27.4 Å². The average molecular weight is 823 g/mol. The summed E-state index contributed by atoms with van der Waals surface area (Å²) in [6, 6.07) is 23.4. The molecule has 3 heterocycles. The molecule has 0 atom stereocenters. The van der Waals surface area contributed by atoms with Crippen molar-refractivity contribution in [2.75, 3.05) is 44.8 Å². The highest BCUT2D eigenvalue weighted by Gasteiger charge is 2.28. The molecule has 7 rings (SSSR count). The van der Waals surface area contributed by atoms with Crippen LogP contribution in [-0.2, 0) is 14.8 Å². The van der Waals surface area contributed by atoms with Crippen molar-refractivity contribution in [3.63, 3.8) is 0 Å². The van der Waals surface area contributed by atoms with Crippen molar-refractivity contribution in [2.45, 2.75) is 50.8 Å². The molecule has 14 heteroatoms. The van der Waals surface area contributed by atoms with Gasteiger partial charge in [-0.1, -0.05) is 43.2 Å². The number of nitrogens with zero attached hydrogens (tertiary/aromatic N) is 2. The summed E-state index contributed by atoms with van der Waals surface area (Å²) in [5.74, 6) is -0.0233. The van der Waals surface area contributed by atoms with Crippen LogP contribution in [0.5, 0.6) is 17.4 Å². The molecule has 3 aromatic carbocycles. The molecule has 0 spiro atoms. The summed E-state index contributed by atoms with van der Waals surface area (Å²) in [4.78, 5) is 20.6. The standard InChI is InChI=1S/C44H47ClN6O6S/c1-44(2)15-11-32(39(24-44)30-3-5-34(45)6-4-30)26-47-17-18-48-35-7-9-38(41(23-35)57-36-8-10-40-31(21-36)12-16-49-40)42(52)51-58(53,54)37-22-33(25-46)43(50-27-37)56-28-29-13-19-55-20-14-29/h3-10,12,16,21-23,27,29,47-49H,11,13-15,17-20,24,26,28H2,1-2H3,(H,51,52). The lowest BCUT2D eigenvalue weighted by Gasteiger charge is -2.34. The first-order valence-electron chi connectivity index (χ1n) is 19.4. The molecule has 4 N–H and O–H groups in total. The van der Waals surface area contributed by atoms with Gasteiger partial charge >= 0.3 is 0 Å². The summed E-state index contributed by atoms with van der Waals surface area (Å²) in [6.45, 7) is 8.24. The largest absolute Gasteiger partial charge is 0.476 e. The van der Waals surface area contributed by atoms with Crippen LogP contribution in [0.2, 0.25) is 5.02 Å². The molecular weight excluding hydrogens is 776 g/mol. The Morgan fingerprint density at radius 2 is 1.86 bits per heavy atom. The Kier molecular flexibility index (Phi) is 12.7. The number of nitrogens with one attached hydrogen (secondary N) is 4. The van der Waals surface area contributed by atoms with Gasteiger partial charge < -0.3 is 29.8 Å². The number of H-pyrrole nitrogens is 1. The minimum Gasteiger partial charge on any atom is -0.476 e. The van der Waals surface area contributed by atoms with E-state index in [0.717, 1.165) is 66.8 Å². The zero-order valence-electron chi connectivity index (χ0n) is 32.6. The number of pyridine rings is 1. The molecule has 12 nitrogen and oxygen atoms in total. The molecule has 1 aliphatic heterocycles. The van der Waals surface area contributed by atoms with Crippen LogP contribution >= 0.6 is 11.6 Å². The number of halogens is 1. The van der Waals surface area contributed by atoms with Crippen molar-refractivity contribution >= 4 is 49.7 Å². The smallest absolute Gasteiger partial charge is 0.268 e. The molecule has 1 amide bonds. The van der Waals surface area contributed by atoms with Gasteiger partial charge in [-0.3, -0.25) is 4.79 Å². The molecule has 2 aliphatic rings. The first-order chi connectivity index (χ1) is 28.0. The molecule has 1 aliphatic carbocycles. The van der Waals surface area contributed by atoms with Crippen LogP contribution in [0.3, 0.4) is 0 Å². The van der Waals surface area contributed by atoms with Crippen molar-refractivity contribution in [1.82, 2.24) is 20.0 Å². The molecular formula is C44H47ClN6O6S. The number of carbonyl (C=O) groups excluding carboxylic acids is 1. The SMILES string of the molecule is CC1(C)CCC(CNCCNc2ccc(C(=O)NS(=O)(=O)c3cnc(OCC4CCOCC4)c(C#N)c3)c(Oc3ccc4[nH]ccc4c3)c2)=C(c2ccc(Cl)cc2)C1. The van der Waals surface area contributed by atoms with Gasteiger partial charge in [0.15, 0.2) is 0 Å². The summed E-state index contributed by atoms with van der Waals surface area (Å²) >= 11 is 6.19. The second-order valence-electron chi connectivity index (χ2n) is 15.5. The van der Waals surface area contributed by atoms with Gasteiger partial charge in [0, 0.05) is 66.7 Å². The molecule has 1 saturated heterocycles. The molecule has 302 valence electrons. The number of ether oxygens (including phenoxy) is 3. The summed E-state index contributed by atoms with van der Waals surface area (Å²) < 4.78 is 46.6. The Labute approximate surface area is 344 Å². The molecule has 0 unspecified atom stereocenters. The van der Waals surface area contributed by atoms with Crippen molar-refractivity contribution in [3.8, 4) is 23.4 Å². The zero-order valence-corrected chi connectivity index (χ0v) is 34.1. The highest BCUT2D eigenvalue weighted by atomic mass is 35.5. The van der Waals surface area contributed by atoms with Gasteiger partial charge in [-0.25, -0.2) is 18.1 Å². The first-order valence-corrected chi connectivity index (χ1v) is 21.3. The van der Waals surface area contributed by atoms with E-state index in [1.807, 2.05) is 42.6 Å². The van der Waals surface area contributed by atoms with E-state index in [0.29, 0.717) is 44.3 Å². The number of anilines is 1. The Morgan fingerprint density at radius 1 is 1.05 bits per heavy atom. The summed E-state index contributed by atoms with van der Waals surface area (Å²) in [5, 5.41) is 18.4. The van der Waals surface area contributed by atoms with Crippen LogP contribution in [0.1, 0.15) is 67.4 Å². The zero-order chi connectivity index (χ0) is 40.7. The number of aromatic nitrogens is 2. The molecule has 2 aromatic heterocycles. The maximum Gasteiger partial charge on any atom is 0.268 e. The number of amides is 1. The minimum atomic E-state index is -4.45. The van der Waals surface area contributed by atoms with Crippen LogP contribution in [-0.4, -0.2) is 63.7 Å². The number of benzene rings is 3. The fourth-order valence-corrected chi connectivity index (χ4v) is 8.33. The molecule has 0 bridgehead atoms. The van der Waals surface area contributed by atoms with Gasteiger partial charge in [0.2, 0.25) is 5.88 Å². The Morgan fingerprint density at radius 3 is 2.66 bits per heavy atom. The lowest BCUT2D eigenvalue weighted by Crippen LogP contribution is -2.31. The fraction of sp³-hybridized carbons (Fsp3) is 0.341. The van der Waals surface area contributed by atoms with Crippen molar-refractivity contribution in [1.29, 1.82) is 5.26 Å². The second-order valence-corrected chi connectivity index (χ2v) is 17.6.